The number of aromatic nitrogens is 2. The molecular weight excluding hydrogens is 390 g/mol. The van der Waals surface area contributed by atoms with E-state index in [1.54, 1.807) is 4.90 Å². The van der Waals surface area contributed by atoms with Crippen LogP contribution in [-0.2, 0) is 18.2 Å². The van der Waals surface area contributed by atoms with Crippen molar-refractivity contribution in [1.29, 1.82) is 0 Å². The number of hydrogen-bond acceptors (Lipinski definition) is 6. The molecular formula is C20H21N5O5. The van der Waals surface area contributed by atoms with Crippen LogP contribution in [0.1, 0.15) is 40.4 Å². The molecule has 1 aliphatic carbocycles. The van der Waals surface area contributed by atoms with Crippen LogP contribution in [-0.4, -0.2) is 61.7 Å². The highest BCUT2D eigenvalue weighted by atomic mass is 16.6. The molecule has 3 aliphatic rings. The molecule has 1 aromatic carbocycles. The average molecular weight is 411 g/mol. The van der Waals surface area contributed by atoms with E-state index in [-0.39, 0.29) is 35.7 Å². The average Bonchev–Trinajstić information content (AvgIpc) is 3.38. The molecule has 0 radical (unpaired) electrons. The lowest BCUT2D eigenvalue weighted by Crippen LogP contribution is -2.47. The zero-order valence-corrected chi connectivity index (χ0v) is 16.4. The zero-order valence-electron chi connectivity index (χ0n) is 16.4. The van der Waals surface area contributed by atoms with E-state index in [1.807, 2.05) is 17.0 Å². The summed E-state index contributed by atoms with van der Waals surface area (Å²) >= 11 is 0. The van der Waals surface area contributed by atoms with Gasteiger partial charge in [0.15, 0.2) is 5.56 Å². The molecule has 2 amide bonds. The quantitative estimate of drug-likeness (QED) is 0.565. The van der Waals surface area contributed by atoms with Gasteiger partial charge in [0.2, 0.25) is 0 Å². The molecule has 0 unspecified atom stereocenters. The van der Waals surface area contributed by atoms with Gasteiger partial charge in [-0.05, 0) is 28.9 Å². The minimum Gasteiger partial charge on any atom is -0.443 e. The Labute approximate surface area is 172 Å². The van der Waals surface area contributed by atoms with Crippen molar-refractivity contribution in [2.45, 2.75) is 37.5 Å². The van der Waals surface area contributed by atoms with E-state index in [1.165, 1.54) is 18.8 Å². The standard InChI is InChI=1S/C20H21N5O5/c1-22-18(25(28)29)15(11-21-22)19(26)23-8-6-13(7-9-23)24-17-14-5-3-2-4-12(14)10-16(17)30-20(24)27/h2-5,11,13,16-17H,6-10H2,1H3/t16-,17+/m0/s1. The van der Waals surface area contributed by atoms with Crippen molar-refractivity contribution in [1.82, 2.24) is 19.6 Å². The highest BCUT2D eigenvalue weighted by Crippen LogP contribution is 2.44. The van der Waals surface area contributed by atoms with Crippen LogP contribution in [0.4, 0.5) is 10.6 Å². The van der Waals surface area contributed by atoms with Crippen molar-refractivity contribution >= 4 is 17.8 Å². The fourth-order valence-electron chi connectivity index (χ4n) is 4.97. The normalized spacial score (nSPS) is 23.3. The van der Waals surface area contributed by atoms with Crippen molar-refractivity contribution in [3.8, 4) is 0 Å². The van der Waals surface area contributed by atoms with E-state index >= 15 is 0 Å². The zero-order chi connectivity index (χ0) is 21.0. The van der Waals surface area contributed by atoms with E-state index in [9.17, 15) is 19.7 Å². The lowest BCUT2D eigenvalue weighted by atomic mass is 9.99. The molecule has 0 N–H and O–H groups in total. The molecule has 2 atom stereocenters. The number of rotatable bonds is 3. The van der Waals surface area contributed by atoms with Crippen LogP contribution in [0, 0.1) is 10.1 Å². The minimum absolute atomic E-state index is 0.00804. The second-order valence-electron chi connectivity index (χ2n) is 7.96. The number of amides is 2. The first-order chi connectivity index (χ1) is 14.5. The molecule has 2 aromatic rings. The Hall–Kier alpha value is -3.43. The Balaban J connectivity index is 1.31. The third kappa shape index (κ3) is 2.74. The maximum absolute atomic E-state index is 12.8. The first-order valence-electron chi connectivity index (χ1n) is 9.98. The summed E-state index contributed by atoms with van der Waals surface area (Å²) in [7, 11) is 1.44. The summed E-state index contributed by atoms with van der Waals surface area (Å²) in [6.07, 6.45) is 2.70. The Morgan fingerprint density at radius 1 is 1.27 bits per heavy atom. The van der Waals surface area contributed by atoms with Crippen LogP contribution in [0.25, 0.3) is 0 Å². The van der Waals surface area contributed by atoms with Crippen LogP contribution in [0.5, 0.6) is 0 Å². The number of likely N-dealkylation sites (tertiary alicyclic amines) is 1. The van der Waals surface area contributed by atoms with Gasteiger partial charge in [-0.15, -0.1) is 4.68 Å². The molecule has 10 heteroatoms. The third-order valence-corrected chi connectivity index (χ3v) is 6.37. The van der Waals surface area contributed by atoms with Crippen molar-refractivity contribution in [2.24, 2.45) is 7.05 Å². The van der Waals surface area contributed by atoms with Crippen molar-refractivity contribution in [2.75, 3.05) is 13.1 Å². The molecule has 2 saturated heterocycles. The number of hydrogen-bond donors (Lipinski definition) is 0. The smallest absolute Gasteiger partial charge is 0.411 e. The van der Waals surface area contributed by atoms with Crippen molar-refractivity contribution < 1.29 is 19.2 Å². The molecule has 0 saturated carbocycles. The van der Waals surface area contributed by atoms with Gasteiger partial charge in [0.1, 0.15) is 13.2 Å². The van der Waals surface area contributed by atoms with Crippen LogP contribution in [0.15, 0.2) is 30.5 Å². The maximum atomic E-state index is 12.8. The molecule has 3 heterocycles. The summed E-state index contributed by atoms with van der Waals surface area (Å²) in [6, 6.07) is 7.97. The SMILES string of the molecule is Cn1ncc(C(=O)N2CCC(N3C(=O)O[C@H]4Cc5ccccc5[C@H]43)CC2)c1[N+](=O)[O-]. The second kappa shape index (κ2) is 6.82. The van der Waals surface area contributed by atoms with Crippen LogP contribution in [0.3, 0.4) is 0 Å². The topological polar surface area (TPSA) is 111 Å². The first kappa shape index (κ1) is 18.6. The minimum atomic E-state index is -0.592. The summed E-state index contributed by atoms with van der Waals surface area (Å²) in [5.74, 6) is -0.711. The Bertz CT molecular complexity index is 1040. The third-order valence-electron chi connectivity index (χ3n) is 6.37. The number of ether oxygens (including phenoxy) is 1. The molecule has 2 fully saturated rings. The van der Waals surface area contributed by atoms with Crippen LogP contribution in [0.2, 0.25) is 0 Å². The second-order valence-corrected chi connectivity index (χ2v) is 7.96. The number of nitrogens with zero attached hydrogens (tertiary/aromatic N) is 5. The molecule has 0 bridgehead atoms. The number of benzene rings is 1. The van der Waals surface area contributed by atoms with Crippen LogP contribution < -0.4 is 0 Å². The summed E-state index contributed by atoms with van der Waals surface area (Å²) in [4.78, 5) is 39.6. The number of piperidine rings is 1. The molecule has 5 rings (SSSR count). The number of carbonyl (C=O) groups excluding carboxylic acids is 2. The Kier molecular flexibility index (Phi) is 4.23. The van der Waals surface area contributed by atoms with Gasteiger partial charge in [-0.3, -0.25) is 9.69 Å². The van der Waals surface area contributed by atoms with E-state index in [2.05, 4.69) is 17.2 Å². The van der Waals surface area contributed by atoms with E-state index in [0.29, 0.717) is 25.9 Å². The number of aryl methyl sites for hydroxylation is 1. The summed E-state index contributed by atoms with van der Waals surface area (Å²) < 4.78 is 6.74. The maximum Gasteiger partial charge on any atom is 0.411 e. The lowest BCUT2D eigenvalue weighted by Gasteiger charge is -2.37. The predicted octanol–water partition coefficient (Wildman–Crippen LogP) is 2.05. The Morgan fingerprint density at radius 3 is 2.73 bits per heavy atom. The number of fused-ring (bicyclic) bond motifs is 3. The summed E-state index contributed by atoms with van der Waals surface area (Å²) in [6.45, 7) is 0.830. The molecule has 2 aliphatic heterocycles. The highest BCUT2D eigenvalue weighted by molar-refractivity contribution is 5.97. The van der Waals surface area contributed by atoms with Crippen molar-refractivity contribution in [3.05, 3.63) is 57.3 Å². The highest BCUT2D eigenvalue weighted by Gasteiger charge is 2.50. The monoisotopic (exact) mass is 411 g/mol. The van der Waals surface area contributed by atoms with Crippen molar-refractivity contribution in [3.63, 3.8) is 0 Å². The largest absolute Gasteiger partial charge is 0.443 e. The Morgan fingerprint density at radius 2 is 2.00 bits per heavy atom. The van der Waals surface area contributed by atoms with Gasteiger partial charge in [-0.2, -0.15) is 0 Å². The fraction of sp³-hybridized carbons (Fsp3) is 0.450. The van der Waals surface area contributed by atoms with E-state index in [4.69, 9.17) is 4.74 Å². The fourth-order valence-corrected chi connectivity index (χ4v) is 4.97. The first-order valence-corrected chi connectivity index (χ1v) is 9.98. The lowest BCUT2D eigenvalue weighted by molar-refractivity contribution is -0.392. The van der Waals surface area contributed by atoms with Gasteiger partial charge < -0.3 is 19.8 Å². The van der Waals surface area contributed by atoms with Crippen LogP contribution >= 0.6 is 0 Å². The molecule has 156 valence electrons. The van der Waals surface area contributed by atoms with Gasteiger partial charge in [-0.1, -0.05) is 29.4 Å². The van der Waals surface area contributed by atoms with Gasteiger partial charge >= 0.3 is 11.9 Å². The predicted molar refractivity (Wildman–Crippen MR) is 104 cm³/mol. The summed E-state index contributed by atoms with van der Waals surface area (Å²) in [5, 5.41) is 15.1. The van der Waals surface area contributed by atoms with Gasteiger partial charge in [-0.25, -0.2) is 4.79 Å². The molecule has 10 nitrogen and oxygen atoms in total. The van der Waals surface area contributed by atoms with Gasteiger partial charge in [0.05, 0.1) is 12.2 Å². The molecule has 0 spiro atoms. The number of nitro groups is 1. The van der Waals surface area contributed by atoms with Gasteiger partial charge in [0.25, 0.3) is 5.91 Å². The van der Waals surface area contributed by atoms with E-state index < -0.39 is 10.8 Å². The number of carbonyl (C=O) groups is 2. The summed E-state index contributed by atoms with van der Waals surface area (Å²) in [5.41, 5.74) is 2.34. The molecule has 30 heavy (non-hydrogen) atoms. The molecule has 1 aromatic heterocycles. The van der Waals surface area contributed by atoms with Gasteiger partial charge in [0, 0.05) is 25.6 Å². The van der Waals surface area contributed by atoms with E-state index in [0.717, 1.165) is 16.7 Å².